The van der Waals surface area contributed by atoms with Crippen LogP contribution in [0.2, 0.25) is 0 Å². The van der Waals surface area contributed by atoms with E-state index in [1.54, 1.807) is 18.2 Å². The zero-order valence-corrected chi connectivity index (χ0v) is 11.1. The smallest absolute Gasteiger partial charge is 0.326 e. The first-order valence-corrected chi connectivity index (χ1v) is 6.67. The maximum Gasteiger partial charge on any atom is 0.391 e. The molecule has 1 saturated heterocycles. The van der Waals surface area contributed by atoms with Gasteiger partial charge in [0.1, 0.15) is 5.82 Å². The highest BCUT2D eigenvalue weighted by Gasteiger charge is 2.40. The molecule has 1 fully saturated rings. The second-order valence-electron chi connectivity index (χ2n) is 5.19. The molecule has 0 aliphatic carbocycles. The van der Waals surface area contributed by atoms with E-state index >= 15 is 0 Å². The van der Waals surface area contributed by atoms with Gasteiger partial charge < -0.3 is 5.73 Å². The Morgan fingerprint density at radius 2 is 1.75 bits per heavy atom. The third kappa shape index (κ3) is 3.49. The number of alkyl halides is 3. The average molecular weight is 290 g/mol. The molecule has 0 aromatic heterocycles. The number of nitrogens with two attached hydrogens (primary N) is 1. The molecule has 1 aromatic carbocycles. The van der Waals surface area contributed by atoms with Gasteiger partial charge in [-0.25, -0.2) is 4.39 Å². The van der Waals surface area contributed by atoms with E-state index in [1.807, 2.05) is 4.90 Å². The zero-order valence-electron chi connectivity index (χ0n) is 11.1. The number of likely N-dealkylation sites (tertiary alicyclic amines) is 1. The molecule has 2 nitrogen and oxygen atoms in total. The fourth-order valence-electron chi connectivity index (χ4n) is 2.57. The van der Waals surface area contributed by atoms with Gasteiger partial charge in [0.25, 0.3) is 0 Å². The Labute approximate surface area is 115 Å². The minimum atomic E-state index is -4.11. The molecule has 2 N–H and O–H groups in total. The van der Waals surface area contributed by atoms with Crippen LogP contribution in [-0.2, 0) is 13.1 Å². The van der Waals surface area contributed by atoms with E-state index in [-0.39, 0.29) is 25.2 Å². The number of hydrogen-bond donors (Lipinski definition) is 1. The van der Waals surface area contributed by atoms with Crippen LogP contribution in [0.15, 0.2) is 18.2 Å². The first-order chi connectivity index (χ1) is 9.41. The lowest BCUT2D eigenvalue weighted by Gasteiger charge is -2.33. The highest BCUT2D eigenvalue weighted by molar-refractivity contribution is 5.25. The molecule has 1 aliphatic rings. The highest BCUT2D eigenvalue weighted by atomic mass is 19.4. The molecule has 0 atom stereocenters. The Hall–Kier alpha value is -1.14. The van der Waals surface area contributed by atoms with Crippen LogP contribution >= 0.6 is 0 Å². The molecule has 6 heteroatoms. The van der Waals surface area contributed by atoms with Gasteiger partial charge in [0.05, 0.1) is 5.92 Å². The first-order valence-electron chi connectivity index (χ1n) is 6.67. The van der Waals surface area contributed by atoms with Crippen molar-refractivity contribution in [1.29, 1.82) is 0 Å². The summed E-state index contributed by atoms with van der Waals surface area (Å²) in [6, 6.07) is 5.00. The summed E-state index contributed by atoms with van der Waals surface area (Å²) in [5.41, 5.74) is 6.38. The van der Waals surface area contributed by atoms with Gasteiger partial charge in [-0.3, -0.25) is 4.90 Å². The van der Waals surface area contributed by atoms with Gasteiger partial charge in [-0.15, -0.1) is 0 Å². The lowest BCUT2D eigenvalue weighted by molar-refractivity contribution is -0.185. The molecule has 2 rings (SSSR count). The van der Waals surface area contributed by atoms with Gasteiger partial charge in [-0.1, -0.05) is 18.2 Å². The quantitative estimate of drug-likeness (QED) is 0.867. The monoisotopic (exact) mass is 290 g/mol. The molecule has 1 aliphatic heterocycles. The van der Waals surface area contributed by atoms with E-state index < -0.39 is 12.1 Å². The zero-order chi connectivity index (χ0) is 14.8. The second-order valence-corrected chi connectivity index (χ2v) is 5.19. The van der Waals surface area contributed by atoms with Crippen LogP contribution in [0.25, 0.3) is 0 Å². The lowest BCUT2D eigenvalue weighted by atomic mass is 9.96. The van der Waals surface area contributed by atoms with Crippen molar-refractivity contribution in [2.45, 2.75) is 32.1 Å². The Morgan fingerprint density at radius 3 is 2.30 bits per heavy atom. The minimum absolute atomic E-state index is 0.0850. The van der Waals surface area contributed by atoms with Crippen LogP contribution in [0.5, 0.6) is 0 Å². The number of nitrogens with zero attached hydrogens (tertiary/aromatic N) is 1. The molecule has 1 heterocycles. The van der Waals surface area contributed by atoms with Gasteiger partial charge >= 0.3 is 6.18 Å². The molecule has 0 saturated carbocycles. The van der Waals surface area contributed by atoms with Crippen LogP contribution in [-0.4, -0.2) is 24.2 Å². The minimum Gasteiger partial charge on any atom is -0.326 e. The first kappa shape index (κ1) is 15.3. The fraction of sp³-hybridized carbons (Fsp3) is 0.571. The summed E-state index contributed by atoms with van der Waals surface area (Å²) < 4.78 is 51.7. The van der Waals surface area contributed by atoms with Crippen LogP contribution in [0.1, 0.15) is 24.0 Å². The Balaban J connectivity index is 1.96. The normalized spacial score (nSPS) is 18.4. The van der Waals surface area contributed by atoms with Crippen LogP contribution in [0.4, 0.5) is 17.6 Å². The van der Waals surface area contributed by atoms with Gasteiger partial charge in [0.15, 0.2) is 0 Å². The third-order valence-electron chi connectivity index (χ3n) is 3.82. The maximum absolute atomic E-state index is 14.0. The van der Waals surface area contributed by atoms with Crippen LogP contribution in [0.3, 0.4) is 0 Å². The topological polar surface area (TPSA) is 29.3 Å². The van der Waals surface area contributed by atoms with Crippen molar-refractivity contribution in [2.24, 2.45) is 11.7 Å². The highest BCUT2D eigenvalue weighted by Crippen LogP contribution is 2.34. The summed E-state index contributed by atoms with van der Waals surface area (Å²) >= 11 is 0. The van der Waals surface area contributed by atoms with Gasteiger partial charge in [0.2, 0.25) is 0 Å². The summed E-state index contributed by atoms with van der Waals surface area (Å²) in [6.07, 6.45) is -3.94. The average Bonchev–Trinajstić information content (AvgIpc) is 2.41. The van der Waals surface area contributed by atoms with Crippen LogP contribution < -0.4 is 5.73 Å². The standard InChI is InChI=1S/C14H18F4N2/c15-13-10(8-19)2-1-3-11(13)9-20-6-4-12(5-7-20)14(16,17)18/h1-3,12H,4-9,19H2. The Kier molecular flexibility index (Phi) is 4.65. The molecule has 20 heavy (non-hydrogen) atoms. The van der Waals surface area contributed by atoms with E-state index in [4.69, 9.17) is 5.73 Å². The van der Waals surface area contributed by atoms with E-state index in [1.165, 1.54) is 0 Å². The van der Waals surface area contributed by atoms with E-state index in [9.17, 15) is 17.6 Å². The number of halogens is 4. The number of piperidine rings is 1. The largest absolute Gasteiger partial charge is 0.391 e. The van der Waals surface area contributed by atoms with E-state index in [0.717, 1.165) is 0 Å². The van der Waals surface area contributed by atoms with Crippen molar-refractivity contribution < 1.29 is 17.6 Å². The number of benzene rings is 1. The number of rotatable bonds is 3. The molecule has 0 unspecified atom stereocenters. The predicted molar refractivity (Wildman–Crippen MR) is 68.3 cm³/mol. The van der Waals surface area contributed by atoms with Crippen LogP contribution in [0, 0.1) is 11.7 Å². The summed E-state index contributed by atoms with van der Waals surface area (Å²) in [5, 5.41) is 0. The lowest BCUT2D eigenvalue weighted by Crippen LogP contribution is -2.38. The fourth-order valence-corrected chi connectivity index (χ4v) is 2.57. The predicted octanol–water partition coefficient (Wildman–Crippen LogP) is 3.06. The van der Waals surface area contributed by atoms with Crippen molar-refractivity contribution in [2.75, 3.05) is 13.1 Å². The van der Waals surface area contributed by atoms with Gasteiger partial charge in [-0.05, 0) is 25.9 Å². The molecular formula is C14H18F4N2. The molecule has 0 amide bonds. The summed E-state index contributed by atoms with van der Waals surface area (Å²) in [4.78, 5) is 1.86. The summed E-state index contributed by atoms with van der Waals surface area (Å²) in [6.45, 7) is 1.15. The Morgan fingerprint density at radius 1 is 1.15 bits per heavy atom. The molecule has 112 valence electrons. The maximum atomic E-state index is 14.0. The molecular weight excluding hydrogens is 272 g/mol. The van der Waals surface area contributed by atoms with Crippen molar-refractivity contribution >= 4 is 0 Å². The van der Waals surface area contributed by atoms with Crippen molar-refractivity contribution in [3.63, 3.8) is 0 Å². The van der Waals surface area contributed by atoms with E-state index in [0.29, 0.717) is 30.8 Å². The van der Waals surface area contributed by atoms with Gasteiger partial charge in [0, 0.05) is 24.2 Å². The summed E-state index contributed by atoms with van der Waals surface area (Å²) in [5.74, 6) is -1.56. The molecule has 0 spiro atoms. The molecule has 0 radical (unpaired) electrons. The second kappa shape index (κ2) is 6.10. The number of hydrogen-bond acceptors (Lipinski definition) is 2. The SMILES string of the molecule is NCc1cccc(CN2CCC(C(F)(F)F)CC2)c1F. The van der Waals surface area contributed by atoms with Crippen molar-refractivity contribution in [1.82, 2.24) is 4.90 Å². The van der Waals surface area contributed by atoms with Gasteiger partial charge in [-0.2, -0.15) is 13.2 Å². The van der Waals surface area contributed by atoms with Crippen molar-refractivity contribution in [3.8, 4) is 0 Å². The molecule has 0 bridgehead atoms. The summed E-state index contributed by atoms with van der Waals surface area (Å²) in [7, 11) is 0. The Bertz CT molecular complexity index is 451. The van der Waals surface area contributed by atoms with E-state index in [2.05, 4.69) is 0 Å². The third-order valence-corrected chi connectivity index (χ3v) is 3.82. The molecule has 1 aromatic rings. The van der Waals surface area contributed by atoms with Crippen molar-refractivity contribution in [3.05, 3.63) is 35.1 Å².